The minimum absolute atomic E-state index is 0.288. The van der Waals surface area contributed by atoms with E-state index in [1.165, 1.54) is 6.07 Å². The molecule has 2 aliphatic rings. The lowest BCUT2D eigenvalue weighted by Gasteiger charge is -2.25. The summed E-state index contributed by atoms with van der Waals surface area (Å²) in [4.78, 5) is 12.3. The van der Waals surface area contributed by atoms with Crippen LogP contribution in [-0.2, 0) is 6.18 Å². The Kier molecular flexibility index (Phi) is 3.55. The van der Waals surface area contributed by atoms with Gasteiger partial charge in [-0.25, -0.2) is 0 Å². The number of halogens is 3. The Balaban J connectivity index is 1.98. The second-order valence-electron chi connectivity index (χ2n) is 6.65. The van der Waals surface area contributed by atoms with E-state index < -0.39 is 28.0 Å². The first-order valence-electron chi connectivity index (χ1n) is 7.52. The first-order chi connectivity index (χ1) is 10.6. The lowest BCUT2D eigenvalue weighted by molar-refractivity contribution is -0.384. The highest BCUT2D eigenvalue weighted by atomic mass is 19.4. The zero-order valence-corrected chi connectivity index (χ0v) is 12.7. The summed E-state index contributed by atoms with van der Waals surface area (Å²) >= 11 is 0. The molecule has 1 aromatic rings. The number of hydrogen-bond acceptors (Lipinski definition) is 4. The monoisotopic (exact) mass is 329 g/mol. The molecule has 1 unspecified atom stereocenters. The fourth-order valence-electron chi connectivity index (χ4n) is 3.38. The van der Waals surface area contributed by atoms with Gasteiger partial charge in [0.05, 0.1) is 10.5 Å². The zero-order chi connectivity index (χ0) is 17.0. The highest BCUT2D eigenvalue weighted by Gasteiger charge is 2.48. The Labute approximate surface area is 131 Å². The van der Waals surface area contributed by atoms with Gasteiger partial charge in [0.2, 0.25) is 0 Å². The van der Waals surface area contributed by atoms with Gasteiger partial charge in [0.15, 0.2) is 0 Å². The van der Waals surface area contributed by atoms with E-state index in [9.17, 15) is 23.3 Å². The van der Waals surface area contributed by atoms with Gasteiger partial charge in [-0.15, -0.1) is 0 Å². The van der Waals surface area contributed by atoms with Crippen LogP contribution in [-0.4, -0.2) is 22.9 Å². The van der Waals surface area contributed by atoms with Gasteiger partial charge in [-0.05, 0) is 49.8 Å². The van der Waals surface area contributed by atoms with Crippen molar-refractivity contribution in [1.82, 2.24) is 4.90 Å². The van der Waals surface area contributed by atoms with Gasteiger partial charge >= 0.3 is 6.18 Å². The SMILES string of the molecule is CC(c1cc([N+](=O)[O-])c(N)c(C(F)(F)F)c1)N1CCC2(CC2)C1. The summed E-state index contributed by atoms with van der Waals surface area (Å²) in [5.41, 5.74) is 3.36. The molecule has 126 valence electrons. The first-order valence-corrected chi connectivity index (χ1v) is 7.52. The van der Waals surface area contributed by atoms with Gasteiger partial charge in [0, 0.05) is 18.7 Å². The topological polar surface area (TPSA) is 72.4 Å². The number of alkyl halides is 3. The van der Waals surface area contributed by atoms with Crippen LogP contribution in [0, 0.1) is 15.5 Å². The van der Waals surface area contributed by atoms with Crippen LogP contribution < -0.4 is 5.73 Å². The van der Waals surface area contributed by atoms with Crippen LogP contribution in [0.15, 0.2) is 12.1 Å². The normalized spacial score (nSPS) is 21.6. The molecule has 1 saturated carbocycles. The molecule has 1 atom stereocenters. The summed E-state index contributed by atoms with van der Waals surface area (Å²) in [5, 5.41) is 11.1. The fourth-order valence-corrected chi connectivity index (χ4v) is 3.38. The quantitative estimate of drug-likeness (QED) is 0.521. The lowest BCUT2D eigenvalue weighted by Crippen LogP contribution is -2.25. The molecular formula is C15H18F3N3O2. The molecule has 1 aliphatic carbocycles. The van der Waals surface area contributed by atoms with Crippen LogP contribution in [0.3, 0.4) is 0 Å². The molecule has 2 fully saturated rings. The molecular weight excluding hydrogens is 311 g/mol. The van der Waals surface area contributed by atoms with Gasteiger partial charge in [-0.2, -0.15) is 13.2 Å². The predicted octanol–water partition coefficient (Wildman–Crippen LogP) is 3.74. The fraction of sp³-hybridized carbons (Fsp3) is 0.600. The summed E-state index contributed by atoms with van der Waals surface area (Å²) in [6, 6.07) is 1.81. The Morgan fingerprint density at radius 1 is 1.35 bits per heavy atom. The summed E-state index contributed by atoms with van der Waals surface area (Å²) in [7, 11) is 0. The number of nitro benzene ring substituents is 1. The van der Waals surface area contributed by atoms with E-state index in [0.29, 0.717) is 5.41 Å². The minimum Gasteiger partial charge on any atom is -0.393 e. The molecule has 1 saturated heterocycles. The molecule has 0 radical (unpaired) electrons. The molecule has 8 heteroatoms. The van der Waals surface area contributed by atoms with Gasteiger partial charge < -0.3 is 5.73 Å². The molecule has 1 aromatic carbocycles. The summed E-state index contributed by atoms with van der Waals surface area (Å²) in [6.45, 7) is 3.44. The number of nitrogens with two attached hydrogens (primary N) is 1. The van der Waals surface area contributed by atoms with Crippen molar-refractivity contribution in [3.05, 3.63) is 33.4 Å². The van der Waals surface area contributed by atoms with Crippen molar-refractivity contribution in [2.24, 2.45) is 5.41 Å². The Hall–Kier alpha value is -1.83. The lowest BCUT2D eigenvalue weighted by atomic mass is 10.0. The first kappa shape index (κ1) is 16.0. The number of benzene rings is 1. The van der Waals surface area contributed by atoms with Gasteiger partial charge in [0.25, 0.3) is 5.69 Å². The molecule has 1 aliphatic heterocycles. The summed E-state index contributed by atoms with van der Waals surface area (Å²) in [6.07, 6.45) is -1.36. The van der Waals surface area contributed by atoms with E-state index in [4.69, 9.17) is 5.73 Å². The van der Waals surface area contributed by atoms with Crippen molar-refractivity contribution in [2.75, 3.05) is 18.8 Å². The summed E-state index contributed by atoms with van der Waals surface area (Å²) in [5.74, 6) is 0. The zero-order valence-electron chi connectivity index (χ0n) is 12.7. The van der Waals surface area contributed by atoms with E-state index in [-0.39, 0.29) is 11.6 Å². The molecule has 1 heterocycles. The number of nitrogens with zero attached hydrogens (tertiary/aromatic N) is 2. The van der Waals surface area contributed by atoms with Crippen LogP contribution in [0.2, 0.25) is 0 Å². The molecule has 23 heavy (non-hydrogen) atoms. The smallest absolute Gasteiger partial charge is 0.393 e. The molecule has 5 nitrogen and oxygen atoms in total. The number of likely N-dealkylation sites (tertiary alicyclic amines) is 1. The third-order valence-electron chi connectivity index (χ3n) is 5.14. The Morgan fingerprint density at radius 2 is 2.00 bits per heavy atom. The summed E-state index contributed by atoms with van der Waals surface area (Å²) < 4.78 is 39.4. The van der Waals surface area contributed by atoms with E-state index in [2.05, 4.69) is 4.90 Å². The van der Waals surface area contributed by atoms with Crippen molar-refractivity contribution < 1.29 is 18.1 Å². The van der Waals surface area contributed by atoms with Gasteiger partial charge in [-0.3, -0.25) is 15.0 Å². The predicted molar refractivity (Wildman–Crippen MR) is 78.8 cm³/mol. The highest BCUT2D eigenvalue weighted by molar-refractivity contribution is 5.66. The van der Waals surface area contributed by atoms with Crippen molar-refractivity contribution in [3.8, 4) is 0 Å². The number of rotatable bonds is 3. The maximum Gasteiger partial charge on any atom is 0.418 e. The largest absolute Gasteiger partial charge is 0.418 e. The van der Waals surface area contributed by atoms with E-state index >= 15 is 0 Å². The Bertz CT molecular complexity index is 656. The third-order valence-corrected chi connectivity index (χ3v) is 5.14. The average molecular weight is 329 g/mol. The Morgan fingerprint density at radius 3 is 2.48 bits per heavy atom. The third kappa shape index (κ3) is 2.87. The molecule has 3 rings (SSSR count). The van der Waals surface area contributed by atoms with Crippen LogP contribution in [0.1, 0.15) is 43.4 Å². The van der Waals surface area contributed by atoms with Crippen molar-refractivity contribution >= 4 is 11.4 Å². The molecule has 0 amide bonds. The van der Waals surface area contributed by atoms with Crippen molar-refractivity contribution in [2.45, 2.75) is 38.4 Å². The van der Waals surface area contributed by atoms with Crippen molar-refractivity contribution in [3.63, 3.8) is 0 Å². The van der Waals surface area contributed by atoms with Crippen LogP contribution >= 0.6 is 0 Å². The highest BCUT2D eigenvalue weighted by Crippen LogP contribution is 2.54. The van der Waals surface area contributed by atoms with Crippen molar-refractivity contribution in [1.29, 1.82) is 0 Å². The molecule has 0 aromatic heterocycles. The van der Waals surface area contributed by atoms with Crippen LogP contribution in [0.25, 0.3) is 0 Å². The molecule has 1 spiro atoms. The number of nitro groups is 1. The molecule has 0 bridgehead atoms. The second kappa shape index (κ2) is 5.09. The maximum absolute atomic E-state index is 13.1. The number of anilines is 1. The second-order valence-corrected chi connectivity index (χ2v) is 6.65. The molecule has 2 N–H and O–H groups in total. The minimum atomic E-state index is -4.71. The maximum atomic E-state index is 13.1. The van der Waals surface area contributed by atoms with E-state index in [1.54, 1.807) is 6.92 Å². The van der Waals surface area contributed by atoms with E-state index in [0.717, 1.165) is 38.4 Å². The number of hydrogen-bond donors (Lipinski definition) is 1. The van der Waals surface area contributed by atoms with Gasteiger partial charge in [-0.1, -0.05) is 0 Å². The number of nitrogen functional groups attached to an aromatic ring is 1. The standard InChI is InChI=1S/C15H18F3N3O2/c1-9(20-5-4-14(8-20)2-3-14)10-6-11(15(16,17)18)13(19)12(7-10)21(22)23/h6-7,9H,2-5,8,19H2,1H3. The van der Waals surface area contributed by atoms with Crippen LogP contribution in [0.4, 0.5) is 24.5 Å². The average Bonchev–Trinajstić information content (AvgIpc) is 3.06. The van der Waals surface area contributed by atoms with E-state index in [1.807, 2.05) is 0 Å². The van der Waals surface area contributed by atoms with Gasteiger partial charge in [0.1, 0.15) is 5.69 Å². The van der Waals surface area contributed by atoms with Crippen LogP contribution in [0.5, 0.6) is 0 Å².